The number of hydrogen-bond donors (Lipinski definition) is 2. The van der Waals surface area contributed by atoms with Crippen molar-refractivity contribution in [1.82, 2.24) is 40.2 Å². The second-order valence-electron chi connectivity index (χ2n) is 4.59. The first-order valence-electron chi connectivity index (χ1n) is 6.88. The number of carbonyl (C=O) groups excluding carboxylic acids is 1. The molecule has 10 nitrogen and oxygen atoms in total. The Balaban J connectivity index is 1.70. The molecule has 0 aliphatic heterocycles. The minimum Gasteiger partial charge on any atom is -0.382 e. The first-order valence-corrected chi connectivity index (χ1v) is 7.25. The van der Waals surface area contributed by atoms with Crippen LogP contribution in [-0.4, -0.2) is 47.4 Å². The highest BCUT2D eigenvalue weighted by Crippen LogP contribution is 2.18. The molecule has 24 heavy (non-hydrogen) atoms. The van der Waals surface area contributed by atoms with E-state index >= 15 is 0 Å². The quantitative estimate of drug-likeness (QED) is 0.661. The molecular weight excluding hydrogens is 334 g/mol. The van der Waals surface area contributed by atoms with E-state index in [1.807, 2.05) is 0 Å². The maximum absolute atomic E-state index is 12.2. The van der Waals surface area contributed by atoms with Gasteiger partial charge in [-0.25, -0.2) is 9.97 Å². The van der Waals surface area contributed by atoms with Crippen molar-refractivity contribution >= 4 is 23.3 Å². The van der Waals surface area contributed by atoms with Crippen LogP contribution in [-0.2, 0) is 6.42 Å². The van der Waals surface area contributed by atoms with E-state index in [9.17, 15) is 4.79 Å². The summed E-state index contributed by atoms with van der Waals surface area (Å²) in [6.45, 7) is 0.346. The molecule has 3 N–H and O–H groups in total. The Labute approximate surface area is 141 Å². The summed E-state index contributed by atoms with van der Waals surface area (Å²) in [6.07, 6.45) is 8.24. The number of nitrogens with one attached hydrogen (secondary N) is 1. The topological polar surface area (TPSA) is 137 Å². The lowest BCUT2D eigenvalue weighted by atomic mass is 10.3. The van der Waals surface area contributed by atoms with Crippen LogP contribution in [0.2, 0.25) is 5.15 Å². The van der Waals surface area contributed by atoms with Crippen molar-refractivity contribution in [2.24, 2.45) is 0 Å². The third kappa shape index (κ3) is 3.43. The molecule has 0 aliphatic rings. The van der Waals surface area contributed by atoms with Gasteiger partial charge in [-0.05, 0) is 0 Å². The summed E-state index contributed by atoms with van der Waals surface area (Å²) in [7, 11) is 0. The fourth-order valence-electron chi connectivity index (χ4n) is 1.88. The van der Waals surface area contributed by atoms with E-state index in [-0.39, 0.29) is 22.5 Å². The highest BCUT2D eigenvalue weighted by molar-refractivity contribution is 6.31. The van der Waals surface area contributed by atoms with Crippen molar-refractivity contribution in [3.63, 3.8) is 0 Å². The molecule has 11 heteroatoms. The standard InChI is InChI=1S/C13H12ClN9O/c14-10-12(23-19-5-6-20-23)22-11(15)9(21-10)13(24)18-2-1-8-7-16-3-4-17-8/h3-7H,1-2H2,(H2,15,22)(H,18,24). The number of nitrogen functional groups attached to an aromatic ring is 1. The van der Waals surface area contributed by atoms with Gasteiger partial charge >= 0.3 is 0 Å². The number of amides is 1. The fourth-order valence-corrected chi connectivity index (χ4v) is 2.09. The number of halogens is 1. The average molecular weight is 346 g/mol. The molecule has 3 aromatic heterocycles. The molecule has 122 valence electrons. The van der Waals surface area contributed by atoms with Gasteiger partial charge in [-0.1, -0.05) is 11.6 Å². The van der Waals surface area contributed by atoms with Crippen molar-refractivity contribution in [2.45, 2.75) is 6.42 Å². The van der Waals surface area contributed by atoms with Gasteiger partial charge in [-0.2, -0.15) is 10.2 Å². The van der Waals surface area contributed by atoms with Crippen LogP contribution in [0.25, 0.3) is 5.82 Å². The number of anilines is 1. The molecule has 3 rings (SSSR count). The molecule has 0 aromatic carbocycles. The van der Waals surface area contributed by atoms with Crippen molar-refractivity contribution in [3.05, 3.63) is 47.5 Å². The second kappa shape index (κ2) is 6.96. The highest BCUT2D eigenvalue weighted by Gasteiger charge is 2.18. The number of nitrogens with two attached hydrogens (primary N) is 1. The predicted octanol–water partition coefficient (Wildman–Crippen LogP) is 0.0554. The zero-order valence-corrected chi connectivity index (χ0v) is 13.1. The monoisotopic (exact) mass is 345 g/mol. The fraction of sp³-hybridized carbons (Fsp3) is 0.154. The maximum atomic E-state index is 12.2. The van der Waals surface area contributed by atoms with Crippen LogP contribution < -0.4 is 11.1 Å². The molecule has 0 aliphatic carbocycles. The SMILES string of the molecule is Nc1nc(-n2nccn2)c(Cl)nc1C(=O)NCCc1cnccn1. The Bertz CT molecular complexity index is 838. The number of hydrogen-bond acceptors (Lipinski definition) is 8. The molecular formula is C13H12ClN9O. The molecule has 0 unspecified atom stereocenters. The Morgan fingerprint density at radius 2 is 2.00 bits per heavy atom. The van der Waals surface area contributed by atoms with Crippen molar-refractivity contribution in [1.29, 1.82) is 0 Å². The average Bonchev–Trinajstić information content (AvgIpc) is 3.11. The normalized spacial score (nSPS) is 10.5. The van der Waals surface area contributed by atoms with Crippen LogP contribution in [0, 0.1) is 0 Å². The molecule has 0 radical (unpaired) electrons. The highest BCUT2D eigenvalue weighted by atomic mass is 35.5. The summed E-state index contributed by atoms with van der Waals surface area (Å²) in [4.78, 5) is 29.4. The summed E-state index contributed by atoms with van der Waals surface area (Å²) in [5.41, 5.74) is 6.49. The number of carbonyl (C=O) groups is 1. The lowest BCUT2D eigenvalue weighted by Gasteiger charge is -2.08. The third-order valence-corrected chi connectivity index (χ3v) is 3.22. The van der Waals surface area contributed by atoms with Gasteiger partial charge in [0.1, 0.15) is 0 Å². The zero-order chi connectivity index (χ0) is 16.9. The predicted molar refractivity (Wildman–Crippen MR) is 84.4 cm³/mol. The summed E-state index contributed by atoms with van der Waals surface area (Å²) in [6, 6.07) is 0. The van der Waals surface area contributed by atoms with Gasteiger partial charge in [0, 0.05) is 31.6 Å². The zero-order valence-electron chi connectivity index (χ0n) is 12.3. The molecule has 0 bridgehead atoms. The molecule has 3 aromatic rings. The van der Waals surface area contributed by atoms with Gasteiger partial charge < -0.3 is 11.1 Å². The Morgan fingerprint density at radius 3 is 2.71 bits per heavy atom. The Morgan fingerprint density at radius 1 is 1.21 bits per heavy atom. The van der Waals surface area contributed by atoms with Gasteiger partial charge in [0.15, 0.2) is 16.7 Å². The molecule has 0 fully saturated rings. The maximum Gasteiger partial charge on any atom is 0.273 e. The number of aromatic nitrogens is 7. The second-order valence-corrected chi connectivity index (χ2v) is 4.95. The van der Waals surface area contributed by atoms with E-state index in [2.05, 4.69) is 35.5 Å². The van der Waals surface area contributed by atoms with Crippen molar-refractivity contribution in [3.8, 4) is 5.82 Å². The largest absolute Gasteiger partial charge is 0.382 e. The molecule has 0 saturated heterocycles. The molecule has 3 heterocycles. The number of rotatable bonds is 5. The smallest absolute Gasteiger partial charge is 0.273 e. The third-order valence-electron chi connectivity index (χ3n) is 2.97. The van der Waals surface area contributed by atoms with Crippen LogP contribution in [0.3, 0.4) is 0 Å². The van der Waals surface area contributed by atoms with Crippen LogP contribution in [0.15, 0.2) is 31.0 Å². The van der Waals surface area contributed by atoms with Gasteiger partial charge in [0.05, 0.1) is 18.1 Å². The lowest BCUT2D eigenvalue weighted by molar-refractivity contribution is 0.0949. The molecule has 0 atom stereocenters. The van der Waals surface area contributed by atoms with Gasteiger partial charge in [-0.3, -0.25) is 14.8 Å². The van der Waals surface area contributed by atoms with Gasteiger partial charge in [0.25, 0.3) is 5.91 Å². The van der Waals surface area contributed by atoms with E-state index in [0.29, 0.717) is 13.0 Å². The van der Waals surface area contributed by atoms with Crippen LogP contribution >= 0.6 is 11.6 Å². The lowest BCUT2D eigenvalue weighted by Crippen LogP contribution is -2.28. The van der Waals surface area contributed by atoms with Crippen LogP contribution in [0.1, 0.15) is 16.2 Å². The van der Waals surface area contributed by atoms with E-state index in [4.69, 9.17) is 17.3 Å². The summed E-state index contributed by atoms with van der Waals surface area (Å²) >= 11 is 6.04. The van der Waals surface area contributed by atoms with E-state index in [0.717, 1.165) is 5.69 Å². The van der Waals surface area contributed by atoms with Crippen molar-refractivity contribution < 1.29 is 4.79 Å². The summed E-state index contributed by atoms with van der Waals surface area (Å²) in [5, 5.41) is 10.4. The Hall–Kier alpha value is -3.14. The van der Waals surface area contributed by atoms with Crippen molar-refractivity contribution in [2.75, 3.05) is 12.3 Å². The van der Waals surface area contributed by atoms with Gasteiger partial charge in [0.2, 0.25) is 5.82 Å². The summed E-state index contributed by atoms with van der Waals surface area (Å²) < 4.78 is 0. The number of nitrogens with zero attached hydrogens (tertiary/aromatic N) is 7. The molecule has 0 saturated carbocycles. The molecule has 1 amide bonds. The van der Waals surface area contributed by atoms with E-state index in [1.54, 1.807) is 18.6 Å². The van der Waals surface area contributed by atoms with Crippen LogP contribution in [0.4, 0.5) is 5.82 Å². The minimum absolute atomic E-state index is 0.0283. The molecule has 0 spiro atoms. The first-order chi connectivity index (χ1) is 11.6. The minimum atomic E-state index is -0.481. The van der Waals surface area contributed by atoms with Crippen LogP contribution in [0.5, 0.6) is 0 Å². The summed E-state index contributed by atoms with van der Waals surface area (Å²) in [5.74, 6) is -0.398. The van der Waals surface area contributed by atoms with Gasteiger partial charge in [-0.15, -0.1) is 4.80 Å². The van der Waals surface area contributed by atoms with E-state index < -0.39 is 5.91 Å². The Kier molecular flexibility index (Phi) is 4.57. The first kappa shape index (κ1) is 15.7. The van der Waals surface area contributed by atoms with E-state index in [1.165, 1.54) is 17.2 Å².